The highest BCUT2D eigenvalue weighted by atomic mass is 35.5. The van der Waals surface area contributed by atoms with Gasteiger partial charge in [0.05, 0.1) is 0 Å². The summed E-state index contributed by atoms with van der Waals surface area (Å²) in [5.41, 5.74) is 2.45. The summed E-state index contributed by atoms with van der Waals surface area (Å²) in [4.78, 5) is 10.4. The van der Waals surface area contributed by atoms with Gasteiger partial charge in [-0.05, 0) is 36.4 Å². The van der Waals surface area contributed by atoms with Crippen LogP contribution >= 0.6 is 12.4 Å². The molecular weight excluding hydrogens is 252 g/mol. The second-order valence-corrected chi connectivity index (χ2v) is 3.50. The molecule has 1 amide bonds. The van der Waals surface area contributed by atoms with Gasteiger partial charge >= 0.3 is 6.09 Å². The van der Waals surface area contributed by atoms with Crippen LogP contribution in [0.1, 0.15) is 0 Å². The molecule has 4 nitrogen and oxygen atoms in total. The van der Waals surface area contributed by atoms with E-state index in [2.05, 4.69) is 10.6 Å². The number of para-hydroxylation sites is 1. The molecule has 0 aliphatic heterocycles. The van der Waals surface area contributed by atoms with Crippen LogP contribution in [-0.2, 0) is 0 Å². The molecule has 0 aromatic heterocycles. The first-order valence-corrected chi connectivity index (χ1v) is 5.16. The fraction of sp³-hybridized carbons (Fsp3) is 0. The summed E-state index contributed by atoms with van der Waals surface area (Å²) < 4.78 is 0. The number of hydrogen-bond donors (Lipinski definition) is 3. The zero-order valence-corrected chi connectivity index (χ0v) is 10.3. The molecule has 0 heterocycles. The molecular formula is C13H13ClN2O2. The van der Waals surface area contributed by atoms with Crippen molar-refractivity contribution in [1.29, 1.82) is 0 Å². The molecule has 3 N–H and O–H groups in total. The molecule has 0 fully saturated rings. The number of amides is 1. The van der Waals surface area contributed by atoms with Crippen molar-refractivity contribution in [3.05, 3.63) is 54.6 Å². The maximum absolute atomic E-state index is 10.4. The van der Waals surface area contributed by atoms with Crippen LogP contribution in [0.15, 0.2) is 54.6 Å². The van der Waals surface area contributed by atoms with Gasteiger partial charge < -0.3 is 10.4 Å². The van der Waals surface area contributed by atoms with Crippen LogP contribution in [0.5, 0.6) is 0 Å². The molecule has 2 aromatic carbocycles. The Morgan fingerprint density at radius 2 is 1.33 bits per heavy atom. The molecule has 0 bridgehead atoms. The van der Waals surface area contributed by atoms with Gasteiger partial charge in [-0.3, -0.25) is 5.32 Å². The summed E-state index contributed by atoms with van der Waals surface area (Å²) in [6, 6.07) is 16.8. The number of halogens is 1. The highest BCUT2D eigenvalue weighted by Crippen LogP contribution is 2.18. The largest absolute Gasteiger partial charge is 0.465 e. The standard InChI is InChI=1S/C13H12N2O2.ClH/c16-13(17)15-12-8-6-11(7-9-12)14-10-4-2-1-3-5-10;/h1-9,14-15H,(H,16,17);1H. The third kappa shape index (κ3) is 3.99. The van der Waals surface area contributed by atoms with Crippen LogP contribution in [-0.4, -0.2) is 11.2 Å². The Balaban J connectivity index is 0.00000162. The smallest absolute Gasteiger partial charge is 0.409 e. The zero-order valence-electron chi connectivity index (χ0n) is 9.46. The lowest BCUT2D eigenvalue weighted by molar-refractivity contribution is 0.210. The van der Waals surface area contributed by atoms with Gasteiger partial charge in [-0.15, -0.1) is 12.4 Å². The fourth-order valence-corrected chi connectivity index (χ4v) is 1.45. The fourth-order valence-electron chi connectivity index (χ4n) is 1.45. The summed E-state index contributed by atoms with van der Waals surface area (Å²) >= 11 is 0. The van der Waals surface area contributed by atoms with Gasteiger partial charge in [0.2, 0.25) is 0 Å². The van der Waals surface area contributed by atoms with Crippen LogP contribution in [0, 0.1) is 0 Å². The van der Waals surface area contributed by atoms with E-state index in [1.165, 1.54) is 0 Å². The molecule has 5 heteroatoms. The molecule has 94 valence electrons. The molecule has 0 aliphatic carbocycles. The second kappa shape index (κ2) is 6.51. The van der Waals surface area contributed by atoms with Gasteiger partial charge in [-0.1, -0.05) is 18.2 Å². The van der Waals surface area contributed by atoms with E-state index in [9.17, 15) is 4.79 Å². The molecule has 0 spiro atoms. The topological polar surface area (TPSA) is 61.4 Å². The predicted molar refractivity (Wildman–Crippen MR) is 75.1 cm³/mol. The van der Waals surface area contributed by atoms with Gasteiger partial charge in [0.1, 0.15) is 0 Å². The van der Waals surface area contributed by atoms with Gasteiger partial charge in [0, 0.05) is 17.1 Å². The van der Waals surface area contributed by atoms with Crippen LogP contribution < -0.4 is 10.6 Å². The molecule has 2 aromatic rings. The summed E-state index contributed by atoms with van der Waals surface area (Å²) in [6.45, 7) is 0. The summed E-state index contributed by atoms with van der Waals surface area (Å²) in [7, 11) is 0. The molecule has 2 rings (SSSR count). The number of anilines is 3. The van der Waals surface area contributed by atoms with Crippen molar-refractivity contribution < 1.29 is 9.90 Å². The lowest BCUT2D eigenvalue weighted by Gasteiger charge is -2.07. The van der Waals surface area contributed by atoms with E-state index < -0.39 is 6.09 Å². The molecule has 0 radical (unpaired) electrons. The monoisotopic (exact) mass is 264 g/mol. The Hall–Kier alpha value is -2.20. The Morgan fingerprint density at radius 1 is 0.833 bits per heavy atom. The zero-order chi connectivity index (χ0) is 12.1. The molecule has 0 saturated heterocycles. The van der Waals surface area contributed by atoms with E-state index in [1.54, 1.807) is 12.1 Å². The predicted octanol–water partition coefficient (Wildman–Crippen LogP) is 3.94. The molecule has 0 atom stereocenters. The van der Waals surface area contributed by atoms with Crippen LogP contribution in [0.3, 0.4) is 0 Å². The van der Waals surface area contributed by atoms with Crippen molar-refractivity contribution >= 4 is 35.6 Å². The third-order valence-electron chi connectivity index (χ3n) is 2.20. The average molecular weight is 265 g/mol. The number of rotatable bonds is 3. The van der Waals surface area contributed by atoms with E-state index in [1.807, 2.05) is 42.5 Å². The highest BCUT2D eigenvalue weighted by Gasteiger charge is 1.98. The number of hydrogen-bond acceptors (Lipinski definition) is 2. The van der Waals surface area contributed by atoms with Gasteiger partial charge in [0.25, 0.3) is 0 Å². The number of benzene rings is 2. The Labute approximate surface area is 111 Å². The van der Waals surface area contributed by atoms with Crippen LogP contribution in [0.25, 0.3) is 0 Å². The molecule has 0 saturated carbocycles. The van der Waals surface area contributed by atoms with E-state index in [4.69, 9.17) is 5.11 Å². The second-order valence-electron chi connectivity index (χ2n) is 3.50. The van der Waals surface area contributed by atoms with Crippen molar-refractivity contribution in [2.75, 3.05) is 10.6 Å². The molecule has 18 heavy (non-hydrogen) atoms. The van der Waals surface area contributed by atoms with Crippen molar-refractivity contribution in [3.63, 3.8) is 0 Å². The first-order valence-electron chi connectivity index (χ1n) is 5.16. The van der Waals surface area contributed by atoms with Crippen LogP contribution in [0.2, 0.25) is 0 Å². The first kappa shape index (κ1) is 13.9. The van der Waals surface area contributed by atoms with E-state index >= 15 is 0 Å². The van der Waals surface area contributed by atoms with Crippen molar-refractivity contribution in [2.24, 2.45) is 0 Å². The number of carbonyl (C=O) groups is 1. The highest BCUT2D eigenvalue weighted by molar-refractivity contribution is 5.85. The normalized spacial score (nSPS) is 9.11. The van der Waals surface area contributed by atoms with Crippen molar-refractivity contribution in [2.45, 2.75) is 0 Å². The van der Waals surface area contributed by atoms with Crippen molar-refractivity contribution in [3.8, 4) is 0 Å². The Morgan fingerprint density at radius 3 is 1.89 bits per heavy atom. The van der Waals surface area contributed by atoms with Crippen LogP contribution in [0.4, 0.5) is 21.9 Å². The van der Waals surface area contributed by atoms with Crippen molar-refractivity contribution in [1.82, 2.24) is 0 Å². The van der Waals surface area contributed by atoms with Gasteiger partial charge in [-0.2, -0.15) is 0 Å². The minimum absolute atomic E-state index is 0. The average Bonchev–Trinajstić information content (AvgIpc) is 2.32. The lowest BCUT2D eigenvalue weighted by atomic mass is 10.2. The Bertz CT molecular complexity index is 500. The summed E-state index contributed by atoms with van der Waals surface area (Å²) in [6.07, 6.45) is -1.06. The first-order chi connectivity index (χ1) is 8.24. The quantitative estimate of drug-likeness (QED) is 0.787. The molecule has 0 aliphatic rings. The number of nitrogens with one attached hydrogen (secondary N) is 2. The van der Waals surface area contributed by atoms with Gasteiger partial charge in [0.15, 0.2) is 0 Å². The van der Waals surface area contributed by atoms with Gasteiger partial charge in [-0.25, -0.2) is 4.79 Å². The number of carboxylic acid groups (broad SMARTS) is 1. The molecule has 0 unspecified atom stereocenters. The minimum atomic E-state index is -1.06. The third-order valence-corrected chi connectivity index (χ3v) is 2.20. The summed E-state index contributed by atoms with van der Waals surface area (Å²) in [5.74, 6) is 0. The van der Waals surface area contributed by atoms with E-state index in [0.29, 0.717) is 5.69 Å². The maximum atomic E-state index is 10.4. The maximum Gasteiger partial charge on any atom is 0.409 e. The SMILES string of the molecule is Cl.O=C(O)Nc1ccc(Nc2ccccc2)cc1. The lowest BCUT2D eigenvalue weighted by Crippen LogP contribution is -2.06. The van der Waals surface area contributed by atoms with E-state index in [-0.39, 0.29) is 12.4 Å². The summed E-state index contributed by atoms with van der Waals surface area (Å²) in [5, 5.41) is 14.0. The minimum Gasteiger partial charge on any atom is -0.465 e. The van der Waals surface area contributed by atoms with E-state index in [0.717, 1.165) is 11.4 Å². The Kier molecular flexibility index (Phi) is 5.02.